The van der Waals surface area contributed by atoms with Crippen molar-refractivity contribution in [3.05, 3.63) is 59.9 Å². The van der Waals surface area contributed by atoms with Crippen LogP contribution < -0.4 is 5.01 Å². The number of nitriles is 1. The molecule has 102 valence electrons. The van der Waals surface area contributed by atoms with Crippen LogP contribution in [0.5, 0.6) is 0 Å². The second-order valence-corrected chi connectivity index (χ2v) is 4.24. The predicted octanol–water partition coefficient (Wildman–Crippen LogP) is 1.68. The first-order valence-electron chi connectivity index (χ1n) is 6.24. The third-order valence-corrected chi connectivity index (χ3v) is 2.90. The van der Waals surface area contributed by atoms with E-state index in [1.165, 1.54) is 5.01 Å². The van der Waals surface area contributed by atoms with Crippen LogP contribution in [0.4, 0.5) is 5.69 Å². The molecule has 0 spiro atoms. The Morgan fingerprint density at radius 2 is 2.00 bits per heavy atom. The van der Waals surface area contributed by atoms with Crippen molar-refractivity contribution in [3.8, 4) is 6.07 Å². The first kappa shape index (κ1) is 12.8. The molecule has 0 saturated heterocycles. The number of hydrogen-bond donors (Lipinski definition) is 0. The van der Waals surface area contributed by atoms with Gasteiger partial charge in [-0.3, -0.25) is 9.78 Å². The molecule has 6 heteroatoms. The van der Waals surface area contributed by atoms with Gasteiger partial charge < -0.3 is 4.74 Å². The second kappa shape index (κ2) is 5.43. The molecule has 0 saturated carbocycles. The smallest absolute Gasteiger partial charge is 0.285 e. The average Bonchev–Trinajstić information content (AvgIpc) is 2.56. The van der Waals surface area contributed by atoms with Crippen molar-refractivity contribution in [2.75, 3.05) is 11.6 Å². The maximum Gasteiger partial charge on any atom is 0.285 e. The Labute approximate surface area is 120 Å². The topological polar surface area (TPSA) is 78.6 Å². The fourth-order valence-corrected chi connectivity index (χ4v) is 1.92. The van der Waals surface area contributed by atoms with Crippen molar-refractivity contribution in [1.29, 1.82) is 5.26 Å². The third kappa shape index (κ3) is 2.44. The number of rotatable bonds is 2. The molecule has 0 fully saturated rings. The molecule has 3 rings (SSSR count). The summed E-state index contributed by atoms with van der Waals surface area (Å²) < 4.78 is 5.31. The number of para-hydroxylation sites is 1. The summed E-state index contributed by atoms with van der Waals surface area (Å²) in [5.74, 6) is -0.0830. The number of ether oxygens (including phenoxy) is 1. The van der Waals surface area contributed by atoms with Crippen LogP contribution in [0.25, 0.3) is 0 Å². The zero-order valence-corrected chi connectivity index (χ0v) is 10.9. The van der Waals surface area contributed by atoms with Gasteiger partial charge in [0.2, 0.25) is 0 Å². The predicted molar refractivity (Wildman–Crippen MR) is 75.4 cm³/mol. The van der Waals surface area contributed by atoms with Crippen molar-refractivity contribution < 1.29 is 9.53 Å². The van der Waals surface area contributed by atoms with Gasteiger partial charge in [-0.1, -0.05) is 18.2 Å². The summed E-state index contributed by atoms with van der Waals surface area (Å²) in [4.78, 5) is 16.1. The highest BCUT2D eigenvalue weighted by Crippen LogP contribution is 2.22. The summed E-state index contributed by atoms with van der Waals surface area (Å²) in [5.41, 5.74) is 1.34. The minimum atomic E-state index is -0.336. The Balaban J connectivity index is 2.05. The lowest BCUT2D eigenvalue weighted by atomic mass is 10.2. The molecule has 1 aromatic carbocycles. The molecule has 0 aliphatic carbocycles. The summed E-state index contributed by atoms with van der Waals surface area (Å²) in [5, 5.41) is 14.5. The van der Waals surface area contributed by atoms with E-state index in [2.05, 4.69) is 10.1 Å². The maximum absolute atomic E-state index is 12.0. The van der Waals surface area contributed by atoms with Gasteiger partial charge in [0.15, 0.2) is 6.61 Å². The number of carbonyl (C=O) groups excluding carboxylic acids is 1. The van der Waals surface area contributed by atoms with Gasteiger partial charge in [0, 0.05) is 6.20 Å². The highest BCUT2D eigenvalue weighted by Gasteiger charge is 2.26. The van der Waals surface area contributed by atoms with Gasteiger partial charge in [-0.2, -0.15) is 10.3 Å². The lowest BCUT2D eigenvalue weighted by Crippen LogP contribution is -2.37. The number of benzene rings is 1. The van der Waals surface area contributed by atoms with Gasteiger partial charge in [-0.25, -0.2) is 0 Å². The van der Waals surface area contributed by atoms with Crippen LogP contribution in [0.1, 0.15) is 11.3 Å². The van der Waals surface area contributed by atoms with Crippen LogP contribution >= 0.6 is 0 Å². The number of hydrogen-bond acceptors (Lipinski definition) is 5. The lowest BCUT2D eigenvalue weighted by molar-refractivity contribution is -0.121. The molecule has 0 bridgehead atoms. The Kier molecular flexibility index (Phi) is 3.31. The van der Waals surface area contributed by atoms with E-state index >= 15 is 0 Å². The molecule has 0 radical (unpaired) electrons. The molecule has 2 heterocycles. The van der Waals surface area contributed by atoms with Crippen LogP contribution in [-0.4, -0.2) is 23.4 Å². The number of hydrazone groups is 1. The summed E-state index contributed by atoms with van der Waals surface area (Å²) in [6, 6.07) is 14.1. The van der Waals surface area contributed by atoms with Crippen molar-refractivity contribution in [3.63, 3.8) is 0 Å². The van der Waals surface area contributed by atoms with Gasteiger partial charge in [0.1, 0.15) is 11.8 Å². The highest BCUT2D eigenvalue weighted by atomic mass is 16.5. The van der Waals surface area contributed by atoms with Crippen molar-refractivity contribution in [1.82, 2.24) is 4.98 Å². The first-order valence-corrected chi connectivity index (χ1v) is 6.24. The SMILES string of the molecule is N#Cc1ccccc1N1N=C(c2ccccn2)OCC1=O. The zero-order chi connectivity index (χ0) is 14.7. The highest BCUT2D eigenvalue weighted by molar-refractivity contribution is 6.04. The molecular weight excluding hydrogens is 268 g/mol. The number of carbonyl (C=O) groups is 1. The fourth-order valence-electron chi connectivity index (χ4n) is 1.92. The minimum Gasteiger partial charge on any atom is -0.465 e. The van der Waals surface area contributed by atoms with Crippen molar-refractivity contribution in [2.45, 2.75) is 0 Å². The number of aromatic nitrogens is 1. The van der Waals surface area contributed by atoms with Gasteiger partial charge >= 0.3 is 0 Å². The van der Waals surface area contributed by atoms with Crippen LogP contribution in [0.3, 0.4) is 0 Å². The molecule has 21 heavy (non-hydrogen) atoms. The molecule has 1 amide bonds. The van der Waals surface area contributed by atoms with E-state index in [4.69, 9.17) is 10.00 Å². The second-order valence-electron chi connectivity index (χ2n) is 4.24. The van der Waals surface area contributed by atoms with Crippen LogP contribution in [0.2, 0.25) is 0 Å². The van der Waals surface area contributed by atoms with E-state index < -0.39 is 0 Å². The Morgan fingerprint density at radius 3 is 2.76 bits per heavy atom. The van der Waals surface area contributed by atoms with Crippen LogP contribution in [-0.2, 0) is 9.53 Å². The van der Waals surface area contributed by atoms with Crippen molar-refractivity contribution >= 4 is 17.5 Å². The van der Waals surface area contributed by atoms with Crippen molar-refractivity contribution in [2.24, 2.45) is 5.10 Å². The van der Waals surface area contributed by atoms with E-state index in [9.17, 15) is 4.79 Å². The van der Waals surface area contributed by atoms with Gasteiger partial charge in [-0.05, 0) is 24.3 Å². The van der Waals surface area contributed by atoms with E-state index in [1.807, 2.05) is 6.07 Å². The van der Waals surface area contributed by atoms with E-state index in [-0.39, 0.29) is 18.4 Å². The monoisotopic (exact) mass is 278 g/mol. The summed E-state index contributed by atoms with van der Waals surface area (Å²) in [7, 11) is 0. The van der Waals surface area contributed by atoms with Crippen LogP contribution in [0, 0.1) is 11.3 Å². The molecule has 1 aliphatic rings. The molecule has 1 aromatic heterocycles. The Morgan fingerprint density at radius 1 is 1.19 bits per heavy atom. The summed E-state index contributed by atoms with van der Waals surface area (Å²) in [6.07, 6.45) is 1.62. The van der Waals surface area contributed by atoms with E-state index in [0.29, 0.717) is 16.9 Å². The van der Waals surface area contributed by atoms with Gasteiger partial charge in [-0.15, -0.1) is 5.10 Å². The number of pyridine rings is 1. The minimum absolute atomic E-state index is 0.144. The molecular formula is C15H10N4O2. The first-order chi connectivity index (χ1) is 10.3. The average molecular weight is 278 g/mol. The molecule has 0 unspecified atom stereocenters. The molecule has 2 aromatic rings. The maximum atomic E-state index is 12.0. The summed E-state index contributed by atoms with van der Waals surface area (Å²) in [6.45, 7) is -0.144. The standard InChI is InChI=1S/C15H10N4O2/c16-9-11-5-1-2-7-13(11)19-14(20)10-21-15(18-19)12-6-3-4-8-17-12/h1-8H,10H2. The number of anilines is 1. The molecule has 6 nitrogen and oxygen atoms in total. The van der Waals surface area contributed by atoms with Gasteiger partial charge in [0.25, 0.3) is 11.8 Å². The fraction of sp³-hybridized carbons (Fsp3) is 0.0667. The van der Waals surface area contributed by atoms with E-state index in [1.54, 1.807) is 48.7 Å². The molecule has 0 N–H and O–H groups in total. The quantitative estimate of drug-likeness (QED) is 0.837. The molecule has 0 atom stereocenters. The lowest BCUT2D eigenvalue weighted by Gasteiger charge is -2.24. The van der Waals surface area contributed by atoms with Crippen LogP contribution in [0.15, 0.2) is 53.8 Å². The zero-order valence-electron chi connectivity index (χ0n) is 10.9. The number of amides is 1. The van der Waals surface area contributed by atoms with E-state index in [0.717, 1.165) is 0 Å². The Hall–Kier alpha value is -3.20. The van der Waals surface area contributed by atoms with Gasteiger partial charge in [0.05, 0.1) is 11.3 Å². The largest absolute Gasteiger partial charge is 0.465 e. The molecule has 1 aliphatic heterocycles. The number of nitrogens with zero attached hydrogens (tertiary/aromatic N) is 4. The summed E-state index contributed by atoms with van der Waals surface area (Å²) >= 11 is 0. The Bertz CT molecular complexity index is 750. The third-order valence-electron chi connectivity index (χ3n) is 2.90. The normalized spacial score (nSPS) is 14.1.